The lowest BCUT2D eigenvalue weighted by molar-refractivity contribution is -0.117. The van der Waals surface area contributed by atoms with Crippen molar-refractivity contribution in [3.63, 3.8) is 0 Å². The number of anilines is 1. The van der Waals surface area contributed by atoms with Crippen LogP contribution in [0, 0.1) is 13.8 Å². The van der Waals surface area contributed by atoms with E-state index in [1.54, 1.807) is 0 Å². The van der Waals surface area contributed by atoms with Crippen LogP contribution in [0.3, 0.4) is 0 Å². The maximum Gasteiger partial charge on any atom is 0.273 e. The molecule has 34 heavy (non-hydrogen) atoms. The van der Waals surface area contributed by atoms with Crippen molar-refractivity contribution in [1.29, 1.82) is 0 Å². The van der Waals surface area contributed by atoms with Crippen LogP contribution in [0.15, 0.2) is 47.8 Å². The SMILES string of the molecule is CCOc1ccc(-c2nc(C(=O)N3CCN(CC(=O)Nc4cccc(C)c4C)CC3)cs2)cc1. The van der Waals surface area contributed by atoms with Gasteiger partial charge in [-0.15, -0.1) is 11.3 Å². The Morgan fingerprint density at radius 2 is 1.79 bits per heavy atom. The Balaban J connectivity index is 1.29. The second-order valence-corrected chi connectivity index (χ2v) is 9.22. The lowest BCUT2D eigenvalue weighted by atomic mass is 10.1. The van der Waals surface area contributed by atoms with Crippen LogP contribution in [0.5, 0.6) is 5.75 Å². The molecule has 0 atom stereocenters. The van der Waals surface area contributed by atoms with Crippen LogP contribution in [0.2, 0.25) is 0 Å². The summed E-state index contributed by atoms with van der Waals surface area (Å²) in [6.07, 6.45) is 0. The van der Waals surface area contributed by atoms with Gasteiger partial charge in [-0.3, -0.25) is 14.5 Å². The van der Waals surface area contributed by atoms with Gasteiger partial charge in [0.1, 0.15) is 16.5 Å². The van der Waals surface area contributed by atoms with Gasteiger partial charge in [0.2, 0.25) is 5.91 Å². The molecule has 0 spiro atoms. The van der Waals surface area contributed by atoms with E-state index < -0.39 is 0 Å². The summed E-state index contributed by atoms with van der Waals surface area (Å²) in [4.78, 5) is 34.0. The van der Waals surface area contributed by atoms with E-state index in [1.807, 2.05) is 73.5 Å². The molecular formula is C26H30N4O3S. The summed E-state index contributed by atoms with van der Waals surface area (Å²) in [6.45, 7) is 9.39. The smallest absolute Gasteiger partial charge is 0.273 e. The number of ether oxygens (including phenoxy) is 1. The number of hydrogen-bond donors (Lipinski definition) is 1. The molecular weight excluding hydrogens is 448 g/mol. The molecule has 2 amide bonds. The standard InChI is InChI=1S/C26H30N4O3S/c1-4-33-21-10-8-20(9-11-21)25-28-23(17-34-25)26(32)30-14-12-29(13-15-30)16-24(31)27-22-7-5-6-18(2)19(22)3/h5-11,17H,4,12-16H2,1-3H3,(H,27,31). The van der Waals surface area contributed by atoms with Crippen LogP contribution >= 0.6 is 11.3 Å². The highest BCUT2D eigenvalue weighted by Crippen LogP contribution is 2.26. The minimum Gasteiger partial charge on any atom is -0.494 e. The Hall–Kier alpha value is -3.23. The van der Waals surface area contributed by atoms with Crippen molar-refractivity contribution in [2.24, 2.45) is 0 Å². The molecule has 1 N–H and O–H groups in total. The zero-order chi connectivity index (χ0) is 24.1. The average molecular weight is 479 g/mol. The first kappa shape index (κ1) is 23.9. The Labute approximate surface area is 204 Å². The highest BCUT2D eigenvalue weighted by molar-refractivity contribution is 7.13. The molecule has 3 aromatic rings. The highest BCUT2D eigenvalue weighted by atomic mass is 32.1. The normalized spacial score (nSPS) is 14.1. The number of benzene rings is 2. The molecule has 1 fully saturated rings. The van der Waals surface area contributed by atoms with Crippen molar-refractivity contribution in [1.82, 2.24) is 14.8 Å². The van der Waals surface area contributed by atoms with Crippen LogP contribution in [0.25, 0.3) is 10.6 Å². The van der Waals surface area contributed by atoms with Crippen molar-refractivity contribution in [2.75, 3.05) is 44.6 Å². The predicted molar refractivity (Wildman–Crippen MR) is 136 cm³/mol. The molecule has 1 aromatic heterocycles. The number of amides is 2. The van der Waals surface area contributed by atoms with Crippen molar-refractivity contribution >= 4 is 28.8 Å². The van der Waals surface area contributed by atoms with E-state index >= 15 is 0 Å². The van der Waals surface area contributed by atoms with Gasteiger partial charge in [0.25, 0.3) is 5.91 Å². The molecule has 2 heterocycles. The third-order valence-corrected chi connectivity index (χ3v) is 6.93. The number of aryl methyl sites for hydroxylation is 1. The Morgan fingerprint density at radius 1 is 1.06 bits per heavy atom. The van der Waals surface area contributed by atoms with E-state index in [1.165, 1.54) is 11.3 Å². The minimum atomic E-state index is -0.0621. The van der Waals surface area contributed by atoms with Gasteiger partial charge in [-0.25, -0.2) is 4.98 Å². The first-order valence-electron chi connectivity index (χ1n) is 11.5. The van der Waals surface area contributed by atoms with Crippen LogP contribution in [-0.4, -0.2) is 65.9 Å². The Kier molecular flexibility index (Phi) is 7.59. The molecule has 2 aromatic carbocycles. The van der Waals surface area contributed by atoms with Crippen molar-refractivity contribution in [3.8, 4) is 16.3 Å². The van der Waals surface area contributed by atoms with E-state index in [-0.39, 0.29) is 11.8 Å². The summed E-state index contributed by atoms with van der Waals surface area (Å²) in [5.74, 6) is 0.723. The maximum atomic E-state index is 13.0. The summed E-state index contributed by atoms with van der Waals surface area (Å²) >= 11 is 1.46. The quantitative estimate of drug-likeness (QED) is 0.550. The van der Waals surface area contributed by atoms with Crippen molar-refractivity contribution < 1.29 is 14.3 Å². The summed E-state index contributed by atoms with van der Waals surface area (Å²) in [7, 11) is 0. The van der Waals surface area contributed by atoms with E-state index in [0.717, 1.165) is 33.1 Å². The van der Waals surface area contributed by atoms with Crippen LogP contribution in [-0.2, 0) is 4.79 Å². The van der Waals surface area contributed by atoms with Crippen LogP contribution < -0.4 is 10.1 Å². The fourth-order valence-corrected chi connectivity index (χ4v) is 4.72. The maximum absolute atomic E-state index is 13.0. The Morgan fingerprint density at radius 3 is 2.50 bits per heavy atom. The molecule has 0 bridgehead atoms. The van der Waals surface area contributed by atoms with Gasteiger partial charge in [0.05, 0.1) is 13.2 Å². The van der Waals surface area contributed by atoms with E-state index in [9.17, 15) is 9.59 Å². The van der Waals surface area contributed by atoms with Crippen molar-refractivity contribution in [2.45, 2.75) is 20.8 Å². The molecule has 0 aliphatic carbocycles. The first-order chi connectivity index (χ1) is 16.4. The average Bonchev–Trinajstić information content (AvgIpc) is 3.33. The van der Waals surface area contributed by atoms with Crippen molar-refractivity contribution in [3.05, 3.63) is 64.7 Å². The van der Waals surface area contributed by atoms with Gasteiger partial charge >= 0.3 is 0 Å². The number of rotatable bonds is 7. The van der Waals surface area contributed by atoms with E-state index in [0.29, 0.717) is 45.0 Å². The second kappa shape index (κ2) is 10.8. The first-order valence-corrected chi connectivity index (χ1v) is 12.4. The van der Waals surface area contributed by atoms with Gasteiger partial charge in [0, 0.05) is 42.8 Å². The monoisotopic (exact) mass is 478 g/mol. The fraction of sp³-hybridized carbons (Fsp3) is 0.346. The predicted octanol–water partition coefficient (Wildman–Crippen LogP) is 4.22. The molecule has 178 valence electrons. The number of nitrogens with zero attached hydrogens (tertiary/aromatic N) is 3. The molecule has 0 radical (unpaired) electrons. The molecule has 1 aliphatic heterocycles. The molecule has 8 heteroatoms. The number of carbonyl (C=O) groups is 2. The topological polar surface area (TPSA) is 74.8 Å². The molecule has 7 nitrogen and oxygen atoms in total. The molecule has 1 saturated heterocycles. The van der Waals surface area contributed by atoms with Gasteiger partial charge in [-0.1, -0.05) is 12.1 Å². The number of hydrogen-bond acceptors (Lipinski definition) is 6. The van der Waals surface area contributed by atoms with Gasteiger partial charge < -0.3 is 15.0 Å². The highest BCUT2D eigenvalue weighted by Gasteiger charge is 2.25. The number of thiazole rings is 1. The minimum absolute atomic E-state index is 0.0343. The number of nitrogens with one attached hydrogen (secondary N) is 1. The summed E-state index contributed by atoms with van der Waals surface area (Å²) in [5, 5.41) is 5.64. The molecule has 4 rings (SSSR count). The Bertz CT molecular complexity index is 1150. The van der Waals surface area contributed by atoms with Gasteiger partial charge in [0.15, 0.2) is 0 Å². The van der Waals surface area contributed by atoms with Crippen LogP contribution in [0.4, 0.5) is 5.69 Å². The number of piperazine rings is 1. The third kappa shape index (κ3) is 5.63. The summed E-state index contributed by atoms with van der Waals surface area (Å²) in [6, 6.07) is 13.6. The third-order valence-electron chi connectivity index (χ3n) is 6.04. The van der Waals surface area contributed by atoms with E-state index in [2.05, 4.69) is 15.2 Å². The zero-order valence-corrected chi connectivity index (χ0v) is 20.7. The van der Waals surface area contributed by atoms with Crippen LogP contribution in [0.1, 0.15) is 28.5 Å². The molecule has 0 unspecified atom stereocenters. The molecule has 0 saturated carbocycles. The summed E-state index contributed by atoms with van der Waals surface area (Å²) in [5.41, 5.74) is 4.52. The zero-order valence-electron chi connectivity index (χ0n) is 19.8. The lowest BCUT2D eigenvalue weighted by Gasteiger charge is -2.34. The number of aromatic nitrogens is 1. The molecule has 1 aliphatic rings. The summed E-state index contributed by atoms with van der Waals surface area (Å²) < 4.78 is 5.48. The second-order valence-electron chi connectivity index (χ2n) is 8.36. The van der Waals surface area contributed by atoms with Gasteiger partial charge in [-0.05, 0) is 62.2 Å². The fourth-order valence-electron chi connectivity index (χ4n) is 3.92. The lowest BCUT2D eigenvalue weighted by Crippen LogP contribution is -2.50. The number of carbonyl (C=O) groups excluding carboxylic acids is 2. The van der Waals surface area contributed by atoms with Gasteiger partial charge in [-0.2, -0.15) is 0 Å². The largest absolute Gasteiger partial charge is 0.494 e. The van der Waals surface area contributed by atoms with E-state index in [4.69, 9.17) is 4.74 Å².